The summed E-state index contributed by atoms with van der Waals surface area (Å²) in [6.45, 7) is 0. The summed E-state index contributed by atoms with van der Waals surface area (Å²) in [6.07, 6.45) is 6.39. The van der Waals surface area contributed by atoms with Crippen molar-refractivity contribution in [3.05, 3.63) is 72.8 Å². The van der Waals surface area contributed by atoms with Gasteiger partial charge in [0.05, 0.1) is 28.5 Å². The molecule has 5 aromatic heterocycles. The highest BCUT2D eigenvalue weighted by molar-refractivity contribution is 5.96. The molecule has 0 fully saturated rings. The molecule has 1 aromatic carbocycles. The summed E-state index contributed by atoms with van der Waals surface area (Å²) >= 11 is 0. The Labute approximate surface area is 197 Å². The van der Waals surface area contributed by atoms with Gasteiger partial charge in [-0.05, 0) is 36.4 Å². The normalized spacial score (nSPS) is 11.4. The molecule has 8 nitrogen and oxygen atoms in total. The first-order valence-electron chi connectivity index (χ1n) is 10.8. The Morgan fingerprint density at radius 3 is 2.54 bits per heavy atom. The van der Waals surface area contributed by atoms with E-state index in [1.54, 1.807) is 36.8 Å². The summed E-state index contributed by atoms with van der Waals surface area (Å²) in [4.78, 5) is 22.8. The highest BCUT2D eigenvalue weighted by Crippen LogP contribution is 2.34. The number of fused-ring (bicyclic) bond motifs is 2. The third-order valence-corrected chi connectivity index (χ3v) is 5.83. The average Bonchev–Trinajstić information content (AvgIpc) is 3.49. The Hall–Kier alpha value is -4.73. The molecule has 0 aliphatic carbocycles. The van der Waals surface area contributed by atoms with E-state index in [1.165, 1.54) is 18.3 Å². The average molecular weight is 468 g/mol. The van der Waals surface area contributed by atoms with Crippen molar-refractivity contribution in [2.45, 2.75) is 0 Å². The van der Waals surface area contributed by atoms with Gasteiger partial charge in [-0.3, -0.25) is 15.1 Å². The van der Waals surface area contributed by atoms with Gasteiger partial charge in [-0.1, -0.05) is 0 Å². The number of nitrogens with zero attached hydrogens (tertiary/aromatic N) is 6. The molecule has 0 bridgehead atoms. The highest BCUT2D eigenvalue weighted by Gasteiger charge is 2.21. The summed E-state index contributed by atoms with van der Waals surface area (Å²) in [6, 6.07) is 9.64. The van der Waals surface area contributed by atoms with Crippen molar-refractivity contribution in [1.82, 2.24) is 35.1 Å². The SMILES string of the molecule is CN(C)c1cncc(-c2cnc3n[nH]c(-c4nc5c(-c6ccc(F)cc6)nccc5[nH]4)c3c2F)c1. The summed E-state index contributed by atoms with van der Waals surface area (Å²) in [7, 11) is 3.78. The number of H-pyrrole nitrogens is 2. The van der Waals surface area contributed by atoms with Crippen molar-refractivity contribution in [2.24, 2.45) is 0 Å². The van der Waals surface area contributed by atoms with Crippen LogP contribution in [0.2, 0.25) is 0 Å². The smallest absolute Gasteiger partial charge is 0.184 e. The molecule has 6 rings (SSSR count). The van der Waals surface area contributed by atoms with Crippen molar-refractivity contribution < 1.29 is 8.78 Å². The van der Waals surface area contributed by atoms with Gasteiger partial charge in [-0.15, -0.1) is 0 Å². The van der Waals surface area contributed by atoms with Gasteiger partial charge in [0.15, 0.2) is 11.5 Å². The number of hydrogen-bond acceptors (Lipinski definition) is 6. The standard InChI is InChI=1S/C25H18F2N8/c1-35(2)16-9-14(10-28-11-16)17-12-30-24-19(20(17)27)23(33-34-24)25-31-18-7-8-29-21(22(18)32-25)13-3-5-15(26)6-4-13/h3-12H,1-2H3,(H,31,32)(H,30,33,34). The number of aromatic nitrogens is 7. The number of benzene rings is 1. The van der Waals surface area contributed by atoms with E-state index < -0.39 is 5.82 Å². The van der Waals surface area contributed by atoms with Crippen LogP contribution >= 0.6 is 0 Å². The van der Waals surface area contributed by atoms with Crippen molar-refractivity contribution >= 4 is 27.8 Å². The van der Waals surface area contributed by atoms with Crippen molar-refractivity contribution in [1.29, 1.82) is 0 Å². The summed E-state index contributed by atoms with van der Waals surface area (Å²) in [5, 5.41) is 7.26. The maximum Gasteiger partial charge on any atom is 0.184 e. The number of nitrogens with one attached hydrogen (secondary N) is 2. The second-order valence-corrected chi connectivity index (χ2v) is 8.26. The maximum absolute atomic E-state index is 15.9. The number of pyridine rings is 3. The molecule has 0 saturated heterocycles. The van der Waals surface area contributed by atoms with Gasteiger partial charge in [0.25, 0.3) is 0 Å². The lowest BCUT2D eigenvalue weighted by Crippen LogP contribution is -2.08. The van der Waals surface area contributed by atoms with Gasteiger partial charge < -0.3 is 9.88 Å². The molecule has 0 unspecified atom stereocenters. The molecule has 10 heteroatoms. The van der Waals surface area contributed by atoms with E-state index in [0.717, 1.165) is 5.69 Å². The minimum Gasteiger partial charge on any atom is -0.376 e. The van der Waals surface area contributed by atoms with E-state index in [4.69, 9.17) is 0 Å². The maximum atomic E-state index is 15.9. The lowest BCUT2D eigenvalue weighted by molar-refractivity contribution is 0.628. The quantitative estimate of drug-likeness (QED) is 0.379. The predicted octanol–water partition coefficient (Wildman–Crippen LogP) is 4.97. The largest absolute Gasteiger partial charge is 0.376 e. The van der Waals surface area contributed by atoms with E-state index in [1.807, 2.05) is 25.1 Å². The van der Waals surface area contributed by atoms with Gasteiger partial charge in [-0.25, -0.2) is 18.7 Å². The number of imidazole rings is 1. The van der Waals surface area contributed by atoms with Crippen LogP contribution in [-0.4, -0.2) is 49.2 Å². The Balaban J connectivity index is 1.51. The van der Waals surface area contributed by atoms with Crippen LogP contribution in [0.15, 0.2) is 61.2 Å². The van der Waals surface area contributed by atoms with Gasteiger partial charge in [0.1, 0.15) is 22.8 Å². The van der Waals surface area contributed by atoms with E-state index >= 15 is 4.39 Å². The Morgan fingerprint density at radius 2 is 1.74 bits per heavy atom. The Bertz CT molecular complexity index is 1700. The van der Waals surface area contributed by atoms with E-state index in [0.29, 0.717) is 44.9 Å². The highest BCUT2D eigenvalue weighted by atomic mass is 19.1. The first-order chi connectivity index (χ1) is 17.0. The van der Waals surface area contributed by atoms with Crippen molar-refractivity contribution in [3.63, 3.8) is 0 Å². The second-order valence-electron chi connectivity index (χ2n) is 8.26. The molecule has 0 aliphatic rings. The summed E-state index contributed by atoms with van der Waals surface area (Å²) in [5.41, 5.74) is 4.91. The Kier molecular flexibility index (Phi) is 4.73. The summed E-state index contributed by atoms with van der Waals surface area (Å²) < 4.78 is 29.3. The molecule has 2 N–H and O–H groups in total. The number of aromatic amines is 2. The molecule has 5 heterocycles. The number of rotatable bonds is 4. The molecule has 0 radical (unpaired) electrons. The Morgan fingerprint density at radius 1 is 0.914 bits per heavy atom. The van der Waals surface area contributed by atoms with Gasteiger partial charge in [-0.2, -0.15) is 5.10 Å². The first kappa shape index (κ1) is 20.8. The van der Waals surface area contributed by atoms with Crippen LogP contribution in [0, 0.1) is 11.6 Å². The molecule has 0 saturated carbocycles. The van der Waals surface area contributed by atoms with Gasteiger partial charge in [0.2, 0.25) is 0 Å². The van der Waals surface area contributed by atoms with E-state index in [-0.39, 0.29) is 16.9 Å². The van der Waals surface area contributed by atoms with Crippen molar-refractivity contribution in [3.8, 4) is 33.9 Å². The number of halogens is 2. The topological polar surface area (TPSA) is 99.3 Å². The van der Waals surface area contributed by atoms with Gasteiger partial charge >= 0.3 is 0 Å². The molecule has 6 aromatic rings. The fourth-order valence-electron chi connectivity index (χ4n) is 4.02. The van der Waals surface area contributed by atoms with Crippen LogP contribution in [0.4, 0.5) is 14.5 Å². The third-order valence-electron chi connectivity index (χ3n) is 5.83. The summed E-state index contributed by atoms with van der Waals surface area (Å²) in [5.74, 6) is -0.427. The molecular formula is C25H18F2N8. The monoisotopic (exact) mass is 468 g/mol. The fraction of sp³-hybridized carbons (Fsp3) is 0.0800. The first-order valence-corrected chi connectivity index (χ1v) is 10.8. The van der Waals surface area contributed by atoms with Gasteiger partial charge in [0, 0.05) is 49.4 Å². The number of hydrogen-bond donors (Lipinski definition) is 2. The van der Waals surface area contributed by atoms with Crippen molar-refractivity contribution in [2.75, 3.05) is 19.0 Å². The molecule has 35 heavy (non-hydrogen) atoms. The molecule has 0 aliphatic heterocycles. The van der Waals surface area contributed by atoms with E-state index in [9.17, 15) is 4.39 Å². The van der Waals surface area contributed by atoms with Crippen LogP contribution in [0.1, 0.15) is 0 Å². The molecular weight excluding hydrogens is 450 g/mol. The minimum absolute atomic E-state index is 0.216. The lowest BCUT2D eigenvalue weighted by Gasteiger charge is -2.13. The van der Waals surface area contributed by atoms with Crippen LogP contribution in [0.3, 0.4) is 0 Å². The molecule has 172 valence electrons. The van der Waals surface area contributed by atoms with E-state index in [2.05, 4.69) is 35.1 Å². The zero-order valence-electron chi connectivity index (χ0n) is 18.7. The second kappa shape index (κ2) is 7.94. The zero-order chi connectivity index (χ0) is 24.1. The predicted molar refractivity (Wildman–Crippen MR) is 130 cm³/mol. The molecule has 0 spiro atoms. The fourth-order valence-corrected chi connectivity index (χ4v) is 4.02. The third kappa shape index (κ3) is 3.46. The van der Waals surface area contributed by atoms with Crippen LogP contribution < -0.4 is 4.90 Å². The molecule has 0 amide bonds. The molecule has 0 atom stereocenters. The zero-order valence-corrected chi connectivity index (χ0v) is 18.7. The van der Waals surface area contributed by atoms with Crippen LogP contribution in [0.25, 0.3) is 56.0 Å². The minimum atomic E-state index is -0.478. The van der Waals surface area contributed by atoms with Crippen LogP contribution in [-0.2, 0) is 0 Å². The number of anilines is 1. The van der Waals surface area contributed by atoms with Crippen LogP contribution in [0.5, 0.6) is 0 Å². The lowest BCUT2D eigenvalue weighted by atomic mass is 10.1.